The molecule has 0 amide bonds. The zero-order chi connectivity index (χ0) is 20.2. The fourth-order valence-electron chi connectivity index (χ4n) is 3.23. The molecule has 0 radical (unpaired) electrons. The Morgan fingerprint density at radius 3 is 1.81 bits per heavy atom. The van der Waals surface area contributed by atoms with Gasteiger partial charge < -0.3 is 10.5 Å². The van der Waals surface area contributed by atoms with E-state index in [1.165, 1.54) is 77.0 Å². The summed E-state index contributed by atoms with van der Waals surface area (Å²) in [5, 5.41) is 0. The smallest absolute Gasteiger partial charge is 0.322 e. The van der Waals surface area contributed by atoms with Gasteiger partial charge in [0.1, 0.15) is 6.04 Å². The standard InChI is InChI=1S/C24H47NO2/c1-4-5-6-7-8-9-10-11-12-13-14-15-16-17-18-19-20-27-24(26)23(25)21-22(2)3/h11-12,22-23H,4-10,13-21,25H2,1-3H3/b12-11-. The molecule has 1 atom stereocenters. The van der Waals surface area contributed by atoms with Crippen LogP contribution in [0.15, 0.2) is 12.2 Å². The Hall–Kier alpha value is -0.830. The first kappa shape index (κ1) is 26.2. The average Bonchev–Trinajstić information content (AvgIpc) is 2.63. The van der Waals surface area contributed by atoms with Crippen molar-refractivity contribution >= 4 is 5.97 Å². The number of hydrogen-bond donors (Lipinski definition) is 1. The van der Waals surface area contributed by atoms with Gasteiger partial charge in [0, 0.05) is 0 Å². The van der Waals surface area contributed by atoms with E-state index in [9.17, 15) is 4.79 Å². The van der Waals surface area contributed by atoms with Crippen LogP contribution < -0.4 is 5.73 Å². The monoisotopic (exact) mass is 381 g/mol. The fraction of sp³-hybridized carbons (Fsp3) is 0.875. The van der Waals surface area contributed by atoms with Crippen LogP contribution in [0.5, 0.6) is 0 Å². The molecule has 0 rings (SSSR count). The number of carbonyl (C=O) groups excluding carboxylic acids is 1. The first-order chi connectivity index (χ1) is 13.1. The lowest BCUT2D eigenvalue weighted by molar-refractivity contribution is -0.145. The Bertz CT molecular complexity index is 352. The number of esters is 1. The van der Waals surface area contributed by atoms with E-state index in [0.717, 1.165) is 12.8 Å². The maximum atomic E-state index is 11.7. The van der Waals surface area contributed by atoms with Crippen LogP contribution in [0.4, 0.5) is 0 Å². The molecule has 0 bridgehead atoms. The Labute approximate surface area is 169 Å². The molecule has 0 aromatic heterocycles. The van der Waals surface area contributed by atoms with Crippen LogP contribution in [0.3, 0.4) is 0 Å². The van der Waals surface area contributed by atoms with Gasteiger partial charge in [0.15, 0.2) is 0 Å². The number of allylic oxidation sites excluding steroid dienone is 2. The summed E-state index contributed by atoms with van der Waals surface area (Å²) in [5.41, 5.74) is 5.81. The van der Waals surface area contributed by atoms with Crippen molar-refractivity contribution in [2.75, 3.05) is 6.61 Å². The van der Waals surface area contributed by atoms with Crippen molar-refractivity contribution in [3.63, 3.8) is 0 Å². The summed E-state index contributed by atoms with van der Waals surface area (Å²) < 4.78 is 5.25. The summed E-state index contributed by atoms with van der Waals surface area (Å²) in [6.45, 7) is 6.92. The molecule has 160 valence electrons. The van der Waals surface area contributed by atoms with E-state index in [2.05, 4.69) is 32.9 Å². The van der Waals surface area contributed by atoms with Gasteiger partial charge >= 0.3 is 5.97 Å². The molecule has 0 aliphatic rings. The normalized spacial score (nSPS) is 12.8. The summed E-state index contributed by atoms with van der Waals surface area (Å²) in [7, 11) is 0. The molecule has 0 aliphatic heterocycles. The molecule has 3 heteroatoms. The van der Waals surface area contributed by atoms with E-state index in [-0.39, 0.29) is 5.97 Å². The largest absolute Gasteiger partial charge is 0.465 e. The number of rotatable bonds is 19. The first-order valence-corrected chi connectivity index (χ1v) is 11.6. The van der Waals surface area contributed by atoms with E-state index in [1.807, 2.05) is 0 Å². The third-order valence-corrected chi connectivity index (χ3v) is 4.93. The van der Waals surface area contributed by atoms with Crippen LogP contribution in [0, 0.1) is 5.92 Å². The molecule has 0 aliphatic carbocycles. The molecule has 0 aromatic rings. The minimum atomic E-state index is -0.459. The summed E-state index contributed by atoms with van der Waals surface area (Å²) in [6.07, 6.45) is 23.4. The second-order valence-corrected chi connectivity index (χ2v) is 8.34. The second kappa shape index (κ2) is 19.9. The molecule has 0 spiro atoms. The Morgan fingerprint density at radius 1 is 0.815 bits per heavy atom. The molecular formula is C24H47NO2. The van der Waals surface area contributed by atoms with E-state index in [1.54, 1.807) is 0 Å². The predicted octanol–water partition coefficient (Wildman–Crippen LogP) is 6.94. The molecule has 0 fully saturated rings. The number of nitrogens with two attached hydrogens (primary N) is 1. The summed E-state index contributed by atoms with van der Waals surface area (Å²) in [6, 6.07) is -0.459. The van der Waals surface area contributed by atoms with Gasteiger partial charge in [-0.2, -0.15) is 0 Å². The zero-order valence-electron chi connectivity index (χ0n) is 18.5. The highest BCUT2D eigenvalue weighted by Crippen LogP contribution is 2.10. The lowest BCUT2D eigenvalue weighted by Gasteiger charge is -2.13. The number of ether oxygens (including phenoxy) is 1. The summed E-state index contributed by atoms with van der Waals surface area (Å²) in [5.74, 6) is 0.189. The molecule has 0 saturated carbocycles. The minimum Gasteiger partial charge on any atom is -0.465 e. The maximum Gasteiger partial charge on any atom is 0.322 e. The van der Waals surface area contributed by atoms with Crippen LogP contribution in [-0.2, 0) is 9.53 Å². The lowest BCUT2D eigenvalue weighted by Crippen LogP contribution is -2.33. The van der Waals surface area contributed by atoms with E-state index >= 15 is 0 Å². The number of unbranched alkanes of at least 4 members (excludes halogenated alkanes) is 12. The third-order valence-electron chi connectivity index (χ3n) is 4.93. The van der Waals surface area contributed by atoms with Gasteiger partial charge in [-0.25, -0.2) is 0 Å². The minimum absolute atomic E-state index is 0.239. The fourth-order valence-corrected chi connectivity index (χ4v) is 3.23. The Kier molecular flexibility index (Phi) is 19.3. The van der Waals surface area contributed by atoms with Crippen LogP contribution in [0.1, 0.15) is 117 Å². The van der Waals surface area contributed by atoms with Crippen molar-refractivity contribution in [1.82, 2.24) is 0 Å². The van der Waals surface area contributed by atoms with Crippen molar-refractivity contribution in [3.05, 3.63) is 12.2 Å². The molecular weight excluding hydrogens is 334 g/mol. The first-order valence-electron chi connectivity index (χ1n) is 11.6. The van der Waals surface area contributed by atoms with Gasteiger partial charge in [0.2, 0.25) is 0 Å². The molecule has 1 unspecified atom stereocenters. The van der Waals surface area contributed by atoms with E-state index in [4.69, 9.17) is 10.5 Å². The van der Waals surface area contributed by atoms with Gasteiger partial charge in [0.05, 0.1) is 6.61 Å². The topological polar surface area (TPSA) is 52.3 Å². The quantitative estimate of drug-likeness (QED) is 0.150. The van der Waals surface area contributed by atoms with Crippen molar-refractivity contribution in [2.45, 2.75) is 123 Å². The van der Waals surface area contributed by atoms with Crippen molar-refractivity contribution in [3.8, 4) is 0 Å². The van der Waals surface area contributed by atoms with Gasteiger partial charge in [0.25, 0.3) is 0 Å². The molecule has 2 N–H and O–H groups in total. The second-order valence-electron chi connectivity index (χ2n) is 8.34. The predicted molar refractivity (Wildman–Crippen MR) is 118 cm³/mol. The van der Waals surface area contributed by atoms with Gasteiger partial charge in [-0.1, -0.05) is 90.7 Å². The summed E-state index contributed by atoms with van der Waals surface area (Å²) >= 11 is 0. The molecule has 0 heterocycles. The van der Waals surface area contributed by atoms with Crippen LogP contribution in [0.25, 0.3) is 0 Å². The average molecular weight is 382 g/mol. The Balaban J connectivity index is 3.27. The zero-order valence-corrected chi connectivity index (χ0v) is 18.5. The maximum absolute atomic E-state index is 11.7. The molecule has 0 aromatic carbocycles. The third kappa shape index (κ3) is 19.7. The van der Waals surface area contributed by atoms with Crippen molar-refractivity contribution in [2.24, 2.45) is 11.7 Å². The highest BCUT2D eigenvalue weighted by molar-refractivity contribution is 5.75. The summed E-state index contributed by atoms with van der Waals surface area (Å²) in [4.78, 5) is 11.7. The van der Waals surface area contributed by atoms with E-state index < -0.39 is 6.04 Å². The molecule has 3 nitrogen and oxygen atoms in total. The number of hydrogen-bond acceptors (Lipinski definition) is 3. The Morgan fingerprint density at radius 2 is 1.30 bits per heavy atom. The van der Waals surface area contributed by atoms with Gasteiger partial charge in [-0.15, -0.1) is 0 Å². The number of carbonyl (C=O) groups is 1. The van der Waals surface area contributed by atoms with Crippen LogP contribution in [-0.4, -0.2) is 18.6 Å². The lowest BCUT2D eigenvalue weighted by atomic mass is 10.1. The molecule has 27 heavy (non-hydrogen) atoms. The molecule has 0 saturated heterocycles. The van der Waals surface area contributed by atoms with E-state index in [0.29, 0.717) is 18.9 Å². The van der Waals surface area contributed by atoms with Crippen LogP contribution >= 0.6 is 0 Å². The highest BCUT2D eigenvalue weighted by atomic mass is 16.5. The highest BCUT2D eigenvalue weighted by Gasteiger charge is 2.15. The van der Waals surface area contributed by atoms with Crippen molar-refractivity contribution in [1.29, 1.82) is 0 Å². The van der Waals surface area contributed by atoms with Gasteiger partial charge in [-0.05, 0) is 44.4 Å². The van der Waals surface area contributed by atoms with Gasteiger partial charge in [-0.3, -0.25) is 4.79 Å². The SMILES string of the molecule is CCCCCCCC/C=C\CCCCCCCCOC(=O)C(N)CC(C)C. The van der Waals surface area contributed by atoms with Crippen molar-refractivity contribution < 1.29 is 9.53 Å². The van der Waals surface area contributed by atoms with Crippen LogP contribution in [0.2, 0.25) is 0 Å².